The summed E-state index contributed by atoms with van der Waals surface area (Å²) in [5.74, 6) is -0.0226. The van der Waals surface area contributed by atoms with Crippen molar-refractivity contribution in [2.75, 3.05) is 6.61 Å². The van der Waals surface area contributed by atoms with Gasteiger partial charge in [-0.15, -0.1) is 0 Å². The van der Waals surface area contributed by atoms with Crippen LogP contribution in [0.25, 0.3) is 0 Å². The van der Waals surface area contributed by atoms with Crippen LogP contribution in [0.2, 0.25) is 0 Å². The minimum Gasteiger partial charge on any atom is -0.466 e. The van der Waals surface area contributed by atoms with Gasteiger partial charge in [-0.3, -0.25) is 4.79 Å². The van der Waals surface area contributed by atoms with Crippen molar-refractivity contribution in [1.82, 2.24) is 0 Å². The second kappa shape index (κ2) is 3.95. The third-order valence-electron chi connectivity index (χ3n) is 2.84. The van der Waals surface area contributed by atoms with Crippen LogP contribution in [0.5, 0.6) is 0 Å². The number of carbonyl (C=O) groups excluding carboxylic acids is 1. The molecule has 0 aromatic carbocycles. The summed E-state index contributed by atoms with van der Waals surface area (Å²) in [6.45, 7) is 6.48. The van der Waals surface area contributed by atoms with Crippen LogP contribution in [-0.4, -0.2) is 12.6 Å². The molecule has 1 unspecified atom stereocenters. The van der Waals surface area contributed by atoms with E-state index >= 15 is 0 Å². The first-order valence-corrected chi connectivity index (χ1v) is 4.97. The number of hydrogen-bond acceptors (Lipinski definition) is 2. The number of rotatable bonds is 3. The topological polar surface area (TPSA) is 26.3 Å². The van der Waals surface area contributed by atoms with Gasteiger partial charge >= 0.3 is 5.97 Å². The third-order valence-corrected chi connectivity index (χ3v) is 2.84. The van der Waals surface area contributed by atoms with Gasteiger partial charge in [0, 0.05) is 0 Å². The summed E-state index contributed by atoms with van der Waals surface area (Å²) >= 11 is 0. The lowest BCUT2D eigenvalue weighted by molar-refractivity contribution is -0.155. The Morgan fingerprint density at radius 2 is 2.31 bits per heavy atom. The van der Waals surface area contributed by atoms with Gasteiger partial charge in [0.05, 0.1) is 12.0 Å². The molecule has 2 heteroatoms. The molecule has 0 fully saturated rings. The zero-order valence-electron chi connectivity index (χ0n) is 8.72. The molecule has 13 heavy (non-hydrogen) atoms. The maximum absolute atomic E-state index is 11.7. The van der Waals surface area contributed by atoms with E-state index in [1.807, 2.05) is 6.92 Å². The molecule has 0 aliphatic heterocycles. The fourth-order valence-electron chi connectivity index (χ4n) is 1.90. The molecule has 0 radical (unpaired) electrons. The van der Waals surface area contributed by atoms with Gasteiger partial charge in [-0.05, 0) is 33.1 Å². The monoisotopic (exact) mass is 182 g/mol. The molecular formula is C11H18O2. The summed E-state index contributed by atoms with van der Waals surface area (Å²) in [5, 5.41) is 0. The number of allylic oxidation sites excluding steroid dienone is 2. The maximum Gasteiger partial charge on any atom is 0.312 e. The van der Waals surface area contributed by atoms with E-state index in [2.05, 4.69) is 19.9 Å². The van der Waals surface area contributed by atoms with E-state index in [1.165, 1.54) is 5.57 Å². The average molecular weight is 182 g/mol. The minimum atomic E-state index is -0.236. The van der Waals surface area contributed by atoms with E-state index in [-0.39, 0.29) is 11.4 Å². The van der Waals surface area contributed by atoms with Crippen molar-refractivity contribution in [3.05, 3.63) is 11.6 Å². The number of esters is 1. The molecule has 1 atom stereocenters. The van der Waals surface area contributed by atoms with Gasteiger partial charge < -0.3 is 4.74 Å². The molecule has 0 aromatic rings. The second-order valence-corrected chi connectivity index (χ2v) is 3.79. The van der Waals surface area contributed by atoms with Crippen molar-refractivity contribution in [2.24, 2.45) is 5.41 Å². The van der Waals surface area contributed by atoms with E-state index in [4.69, 9.17) is 4.74 Å². The van der Waals surface area contributed by atoms with Crippen molar-refractivity contribution in [1.29, 1.82) is 0 Å². The SMILES string of the molecule is CCOC(=O)C1(CC)CC=C(C)C1. The Bertz CT molecular complexity index is 230. The Labute approximate surface area is 80.0 Å². The summed E-state index contributed by atoms with van der Waals surface area (Å²) in [4.78, 5) is 11.7. The molecule has 0 bridgehead atoms. The normalized spacial score (nSPS) is 27.2. The van der Waals surface area contributed by atoms with E-state index in [0.29, 0.717) is 6.61 Å². The summed E-state index contributed by atoms with van der Waals surface area (Å²) in [7, 11) is 0. The van der Waals surface area contributed by atoms with E-state index in [1.54, 1.807) is 0 Å². The zero-order valence-corrected chi connectivity index (χ0v) is 8.72. The zero-order chi connectivity index (χ0) is 9.90. The molecule has 1 aliphatic rings. The molecule has 1 rings (SSSR count). The van der Waals surface area contributed by atoms with Crippen LogP contribution in [-0.2, 0) is 9.53 Å². The highest BCUT2D eigenvalue weighted by atomic mass is 16.5. The smallest absolute Gasteiger partial charge is 0.312 e. The Balaban J connectivity index is 2.67. The molecular weight excluding hydrogens is 164 g/mol. The van der Waals surface area contributed by atoms with Gasteiger partial charge in [-0.2, -0.15) is 0 Å². The molecule has 0 saturated carbocycles. The summed E-state index contributed by atoms with van der Waals surface area (Å²) in [6.07, 6.45) is 4.76. The second-order valence-electron chi connectivity index (χ2n) is 3.79. The van der Waals surface area contributed by atoms with Crippen molar-refractivity contribution in [3.8, 4) is 0 Å². The summed E-state index contributed by atoms with van der Waals surface area (Å²) in [5.41, 5.74) is 1.08. The largest absolute Gasteiger partial charge is 0.466 e. The van der Waals surface area contributed by atoms with Crippen LogP contribution < -0.4 is 0 Å². The molecule has 0 amide bonds. The van der Waals surface area contributed by atoms with Crippen LogP contribution >= 0.6 is 0 Å². The highest BCUT2D eigenvalue weighted by Gasteiger charge is 2.40. The van der Waals surface area contributed by atoms with Crippen LogP contribution in [0.15, 0.2) is 11.6 Å². The lowest BCUT2D eigenvalue weighted by Crippen LogP contribution is -2.30. The Hall–Kier alpha value is -0.790. The molecule has 2 nitrogen and oxygen atoms in total. The molecule has 0 N–H and O–H groups in total. The molecule has 0 aromatic heterocycles. The molecule has 0 spiro atoms. The molecule has 1 aliphatic carbocycles. The predicted octanol–water partition coefficient (Wildman–Crippen LogP) is 2.69. The van der Waals surface area contributed by atoms with E-state index in [0.717, 1.165) is 19.3 Å². The first kappa shape index (κ1) is 10.3. The quantitative estimate of drug-likeness (QED) is 0.495. The van der Waals surface area contributed by atoms with Crippen LogP contribution in [0.1, 0.15) is 40.0 Å². The number of carbonyl (C=O) groups is 1. The van der Waals surface area contributed by atoms with E-state index in [9.17, 15) is 4.79 Å². The predicted molar refractivity (Wildman–Crippen MR) is 52.3 cm³/mol. The Kier molecular flexibility index (Phi) is 3.12. The fraction of sp³-hybridized carbons (Fsp3) is 0.727. The van der Waals surface area contributed by atoms with Gasteiger partial charge in [-0.1, -0.05) is 18.6 Å². The Morgan fingerprint density at radius 1 is 1.62 bits per heavy atom. The van der Waals surface area contributed by atoms with Gasteiger partial charge in [0.25, 0.3) is 0 Å². The molecule has 0 saturated heterocycles. The maximum atomic E-state index is 11.7. The van der Waals surface area contributed by atoms with Crippen LogP contribution in [0.3, 0.4) is 0 Å². The standard InChI is InChI=1S/C11H18O2/c1-4-11(10(12)13-5-2)7-6-9(3)8-11/h6H,4-5,7-8H2,1-3H3. The minimum absolute atomic E-state index is 0.0226. The fourth-order valence-corrected chi connectivity index (χ4v) is 1.90. The van der Waals surface area contributed by atoms with Crippen molar-refractivity contribution in [3.63, 3.8) is 0 Å². The van der Waals surface area contributed by atoms with Gasteiger partial charge in [0.15, 0.2) is 0 Å². The van der Waals surface area contributed by atoms with Crippen molar-refractivity contribution < 1.29 is 9.53 Å². The highest BCUT2D eigenvalue weighted by Crippen LogP contribution is 2.41. The molecule has 0 heterocycles. The van der Waals surface area contributed by atoms with Gasteiger partial charge in [-0.25, -0.2) is 0 Å². The van der Waals surface area contributed by atoms with Crippen molar-refractivity contribution >= 4 is 5.97 Å². The van der Waals surface area contributed by atoms with Crippen LogP contribution in [0, 0.1) is 5.41 Å². The third kappa shape index (κ3) is 1.93. The number of ether oxygens (including phenoxy) is 1. The first-order chi connectivity index (χ1) is 6.14. The number of hydrogen-bond donors (Lipinski definition) is 0. The summed E-state index contributed by atoms with van der Waals surface area (Å²) in [6, 6.07) is 0. The summed E-state index contributed by atoms with van der Waals surface area (Å²) < 4.78 is 5.10. The highest BCUT2D eigenvalue weighted by molar-refractivity contribution is 5.78. The van der Waals surface area contributed by atoms with Gasteiger partial charge in [0.2, 0.25) is 0 Å². The van der Waals surface area contributed by atoms with Crippen molar-refractivity contribution in [2.45, 2.75) is 40.0 Å². The lowest BCUT2D eigenvalue weighted by atomic mass is 9.82. The van der Waals surface area contributed by atoms with E-state index < -0.39 is 0 Å². The Morgan fingerprint density at radius 3 is 2.69 bits per heavy atom. The first-order valence-electron chi connectivity index (χ1n) is 4.97. The average Bonchev–Trinajstić information content (AvgIpc) is 2.49. The van der Waals surface area contributed by atoms with Gasteiger partial charge in [0.1, 0.15) is 0 Å². The molecule has 74 valence electrons. The van der Waals surface area contributed by atoms with Crippen LogP contribution in [0.4, 0.5) is 0 Å². The lowest BCUT2D eigenvalue weighted by Gasteiger charge is -2.24.